The number of nitrogens with zero attached hydrogens (tertiary/aromatic N) is 4. The van der Waals surface area contributed by atoms with E-state index in [-0.39, 0.29) is 0 Å². The van der Waals surface area contributed by atoms with E-state index < -0.39 is 0 Å². The maximum Gasteiger partial charge on any atom is 0.0649 e. The molecule has 9 rings (SSSR count). The van der Waals surface area contributed by atoms with Crippen molar-refractivity contribution in [3.63, 3.8) is 0 Å². The largest absolute Gasteiger partial charge is 0.309 e. The summed E-state index contributed by atoms with van der Waals surface area (Å²) in [5, 5.41) is 0.579. The summed E-state index contributed by atoms with van der Waals surface area (Å²) in [5.74, 6) is 0. The van der Waals surface area contributed by atoms with Crippen LogP contribution in [0.15, 0.2) is 222 Å². The number of hydrogen-bond acceptors (Lipinski definition) is 4. The van der Waals surface area contributed by atoms with Crippen molar-refractivity contribution in [1.29, 1.82) is 0 Å². The minimum Gasteiger partial charge on any atom is -0.309 e. The second kappa shape index (κ2) is 17.3. The Morgan fingerprint density at radius 3 is 0.915 bits per heavy atom. The average Bonchev–Trinajstić information content (AvgIpc) is 3.29. The second-order valence-electron chi connectivity index (χ2n) is 13.9. The summed E-state index contributed by atoms with van der Waals surface area (Å²) in [6, 6.07) is 64.8. The van der Waals surface area contributed by atoms with Gasteiger partial charge >= 0.3 is 0 Å². The fraction of sp³-hybridized carbons (Fsp3) is 0. The van der Waals surface area contributed by atoms with Crippen molar-refractivity contribution in [2.24, 2.45) is 0 Å². The quantitative estimate of drug-likeness (QED) is 0.137. The Morgan fingerprint density at radius 1 is 0.339 bits per heavy atom. The van der Waals surface area contributed by atoms with Gasteiger partial charge in [0.1, 0.15) is 0 Å². The van der Waals surface area contributed by atoms with Crippen LogP contribution in [0.25, 0.3) is 44.5 Å². The summed E-state index contributed by atoms with van der Waals surface area (Å²) >= 11 is 14.8. The number of pyridine rings is 2. The minimum atomic E-state index is 0.579. The van der Waals surface area contributed by atoms with Crippen LogP contribution in [0.2, 0.25) is 5.02 Å². The van der Waals surface area contributed by atoms with Crippen LogP contribution in [0.4, 0.5) is 34.1 Å². The van der Waals surface area contributed by atoms with E-state index in [4.69, 9.17) is 21.6 Å². The van der Waals surface area contributed by atoms with E-state index in [9.17, 15) is 0 Å². The third-order valence-electron chi connectivity index (χ3n) is 10.2. The lowest BCUT2D eigenvalue weighted by atomic mass is 9.96. The highest BCUT2D eigenvalue weighted by molar-refractivity contribution is 9.10. The van der Waals surface area contributed by atoms with Gasteiger partial charge in [-0.15, -0.1) is 0 Å². The number of hydrogen-bond donors (Lipinski definition) is 0. The lowest BCUT2D eigenvalue weighted by Crippen LogP contribution is -2.16. The molecule has 2 heterocycles. The molecule has 2 aromatic heterocycles. The molecule has 0 saturated heterocycles. The van der Waals surface area contributed by atoms with E-state index in [1.807, 2.05) is 61.2 Å². The normalized spacial score (nSPS) is 11.0. The van der Waals surface area contributed by atoms with Gasteiger partial charge in [0.2, 0.25) is 0 Å². The molecule has 0 radical (unpaired) electrons. The molecular weight excluding hydrogens is 876 g/mol. The first-order chi connectivity index (χ1) is 29.0. The van der Waals surface area contributed by atoms with Gasteiger partial charge in [-0.05, 0) is 89.0 Å². The Balaban J connectivity index is 1.36. The molecule has 0 unspecified atom stereocenters. The van der Waals surface area contributed by atoms with Crippen LogP contribution in [-0.2, 0) is 0 Å². The first-order valence-electron chi connectivity index (χ1n) is 19.1. The van der Waals surface area contributed by atoms with Crippen LogP contribution in [-0.4, -0.2) is 9.97 Å². The van der Waals surface area contributed by atoms with Crippen molar-refractivity contribution >= 4 is 77.6 Å². The van der Waals surface area contributed by atoms with E-state index in [0.29, 0.717) is 5.02 Å². The lowest BCUT2D eigenvalue weighted by Gasteiger charge is -2.33. The third kappa shape index (κ3) is 8.08. The zero-order valence-corrected chi connectivity index (χ0v) is 35.6. The number of benzene rings is 7. The molecule has 0 spiro atoms. The maximum atomic E-state index is 7.37. The van der Waals surface area contributed by atoms with Crippen LogP contribution in [0.1, 0.15) is 0 Å². The van der Waals surface area contributed by atoms with Crippen LogP contribution in [0.5, 0.6) is 0 Å². The van der Waals surface area contributed by atoms with E-state index in [1.54, 1.807) is 0 Å². The topological polar surface area (TPSA) is 32.3 Å². The molecule has 7 aromatic carbocycles. The second-order valence-corrected chi connectivity index (χ2v) is 16.2. The summed E-state index contributed by atoms with van der Waals surface area (Å²) in [7, 11) is 0. The molecule has 0 N–H and O–H groups in total. The van der Waals surface area contributed by atoms with Crippen molar-refractivity contribution in [2.45, 2.75) is 0 Å². The van der Waals surface area contributed by atoms with Gasteiger partial charge in [0, 0.05) is 83.8 Å². The van der Waals surface area contributed by atoms with Gasteiger partial charge in [-0.25, -0.2) is 0 Å². The molecule has 0 aliphatic carbocycles. The SMILES string of the molecule is Clc1cc(N(c2ccc(Br)cc2)c2c(-c3ccccc3)cncc2-c2ccccc2)cc(N(c2ccc(Br)cc2)c2c(-c3ccccc3)cncc2-c2ccccc2)c1. The van der Waals surface area contributed by atoms with Gasteiger partial charge < -0.3 is 9.80 Å². The Hall–Kier alpha value is -6.31. The van der Waals surface area contributed by atoms with Crippen molar-refractivity contribution in [1.82, 2.24) is 9.97 Å². The van der Waals surface area contributed by atoms with Crippen molar-refractivity contribution in [3.05, 3.63) is 227 Å². The van der Waals surface area contributed by atoms with Crippen LogP contribution in [0, 0.1) is 0 Å². The van der Waals surface area contributed by atoms with E-state index in [2.05, 4.69) is 193 Å². The number of aromatic nitrogens is 2. The summed E-state index contributed by atoms with van der Waals surface area (Å²) in [5.41, 5.74) is 13.7. The average molecular weight is 911 g/mol. The molecule has 0 fully saturated rings. The smallest absolute Gasteiger partial charge is 0.0649 e. The Bertz CT molecular complexity index is 2530. The molecule has 0 amide bonds. The molecule has 4 nitrogen and oxygen atoms in total. The molecule has 9 aromatic rings. The fourth-order valence-electron chi connectivity index (χ4n) is 7.52. The molecule has 59 heavy (non-hydrogen) atoms. The number of halogens is 3. The number of anilines is 6. The molecule has 0 aliphatic rings. The molecule has 7 heteroatoms. The zero-order valence-electron chi connectivity index (χ0n) is 31.6. The summed E-state index contributed by atoms with van der Waals surface area (Å²) in [4.78, 5) is 14.3. The van der Waals surface area contributed by atoms with Gasteiger partial charge in [0.25, 0.3) is 0 Å². The maximum absolute atomic E-state index is 7.37. The lowest BCUT2D eigenvalue weighted by molar-refractivity contribution is 1.22. The van der Waals surface area contributed by atoms with Gasteiger partial charge in [0.15, 0.2) is 0 Å². The van der Waals surface area contributed by atoms with Crippen LogP contribution < -0.4 is 9.80 Å². The zero-order chi connectivity index (χ0) is 40.1. The standard InChI is InChI=1S/C52H35Br2ClN4/c53-40-21-25-43(26-22-40)58(51-47(36-13-5-1-6-14-36)32-56-33-48(51)37-15-7-2-8-16-37)45-29-42(55)30-46(31-45)59(44-27-23-41(54)24-28-44)52-49(38-17-9-3-10-18-38)34-57-35-50(52)39-19-11-4-12-20-39/h1-35H. The Morgan fingerprint density at radius 2 is 0.627 bits per heavy atom. The summed E-state index contributed by atoms with van der Waals surface area (Å²) in [6.45, 7) is 0. The molecule has 0 aliphatic heterocycles. The van der Waals surface area contributed by atoms with Gasteiger partial charge in [-0.2, -0.15) is 0 Å². The fourth-order valence-corrected chi connectivity index (χ4v) is 8.27. The number of rotatable bonds is 10. The Labute approximate surface area is 366 Å². The third-order valence-corrected chi connectivity index (χ3v) is 11.5. The molecule has 0 bridgehead atoms. The van der Waals surface area contributed by atoms with Crippen LogP contribution >= 0.6 is 43.5 Å². The first-order valence-corrected chi connectivity index (χ1v) is 21.1. The van der Waals surface area contributed by atoms with Gasteiger partial charge in [-0.3, -0.25) is 9.97 Å². The van der Waals surface area contributed by atoms with Crippen molar-refractivity contribution in [2.75, 3.05) is 9.80 Å². The molecule has 0 saturated carbocycles. The van der Waals surface area contributed by atoms with Crippen LogP contribution in [0.3, 0.4) is 0 Å². The van der Waals surface area contributed by atoms with E-state index in [0.717, 1.165) is 87.6 Å². The molecular formula is C52H35Br2ClN4. The predicted octanol–water partition coefficient (Wildman–Crippen LogP) is 16.3. The summed E-state index contributed by atoms with van der Waals surface area (Å²) in [6.07, 6.45) is 7.82. The predicted molar refractivity (Wildman–Crippen MR) is 254 cm³/mol. The van der Waals surface area contributed by atoms with Gasteiger partial charge in [-0.1, -0.05) is 165 Å². The first kappa shape index (κ1) is 38.2. The van der Waals surface area contributed by atoms with Crippen molar-refractivity contribution in [3.8, 4) is 44.5 Å². The molecule has 284 valence electrons. The monoisotopic (exact) mass is 908 g/mol. The van der Waals surface area contributed by atoms with E-state index in [1.165, 1.54) is 0 Å². The Kier molecular flexibility index (Phi) is 11.2. The summed E-state index contributed by atoms with van der Waals surface area (Å²) < 4.78 is 1.96. The minimum absolute atomic E-state index is 0.579. The molecule has 0 atom stereocenters. The van der Waals surface area contributed by atoms with Crippen molar-refractivity contribution < 1.29 is 0 Å². The highest BCUT2D eigenvalue weighted by Crippen LogP contribution is 2.51. The van der Waals surface area contributed by atoms with E-state index >= 15 is 0 Å². The van der Waals surface area contributed by atoms with Gasteiger partial charge in [0.05, 0.1) is 11.4 Å². The highest BCUT2D eigenvalue weighted by atomic mass is 79.9. The highest BCUT2D eigenvalue weighted by Gasteiger charge is 2.27.